The molecule has 1 amide bonds. The number of aromatic nitrogens is 2. The molecule has 4 rings (SSSR count). The van der Waals surface area contributed by atoms with E-state index in [0.29, 0.717) is 51.4 Å². The third kappa shape index (κ3) is 5.03. The Hall–Kier alpha value is -2.70. The Labute approximate surface area is 193 Å². The molecule has 34 heavy (non-hydrogen) atoms. The summed E-state index contributed by atoms with van der Waals surface area (Å²) >= 11 is 0. The van der Waals surface area contributed by atoms with E-state index in [9.17, 15) is 30.8 Å². The molecule has 1 aromatic heterocycles. The highest BCUT2D eigenvalue weighted by Crippen LogP contribution is 2.30. The summed E-state index contributed by atoms with van der Waals surface area (Å²) in [6.07, 6.45) is 0.288. The Morgan fingerprint density at radius 3 is 2.44 bits per heavy atom. The van der Waals surface area contributed by atoms with E-state index in [1.54, 1.807) is 9.80 Å². The normalized spacial score (nSPS) is 20.4. The van der Waals surface area contributed by atoms with Crippen LogP contribution in [-0.2, 0) is 21.1 Å². The maximum atomic E-state index is 14.5. The van der Waals surface area contributed by atoms with E-state index >= 15 is 0 Å². The summed E-state index contributed by atoms with van der Waals surface area (Å²) in [6, 6.07) is 1.44. The highest BCUT2D eigenvalue weighted by Gasteiger charge is 2.36. The minimum atomic E-state index is -3.91. The summed E-state index contributed by atoms with van der Waals surface area (Å²) in [6.45, 7) is 1.45. The van der Waals surface area contributed by atoms with Crippen molar-refractivity contribution in [1.82, 2.24) is 15.0 Å². The van der Waals surface area contributed by atoms with Gasteiger partial charge in [-0.25, -0.2) is 17.2 Å². The van der Waals surface area contributed by atoms with Crippen molar-refractivity contribution < 1.29 is 35.3 Å². The predicted octanol–water partition coefficient (Wildman–Crippen LogP) is 3.14. The Morgan fingerprint density at radius 1 is 1.12 bits per heavy atom. The summed E-state index contributed by atoms with van der Waals surface area (Å²) in [5.74, 6) is -3.25. The maximum absolute atomic E-state index is 14.5. The van der Waals surface area contributed by atoms with E-state index in [-0.39, 0.29) is 29.9 Å². The zero-order valence-electron chi connectivity index (χ0n) is 18.4. The van der Waals surface area contributed by atoms with Crippen LogP contribution in [0.4, 0.5) is 23.5 Å². The average Bonchev–Trinajstić information content (AvgIpc) is 3.27. The molecule has 2 aromatic rings. The monoisotopic (exact) mass is 504 g/mol. The largest absolute Gasteiger partial charge is 0.339 e. The van der Waals surface area contributed by atoms with Gasteiger partial charge in [0, 0.05) is 37.8 Å². The number of amides is 1. The molecule has 0 unspecified atom stereocenters. The lowest BCUT2D eigenvalue weighted by Gasteiger charge is -2.42. The van der Waals surface area contributed by atoms with Gasteiger partial charge in [0.2, 0.25) is 5.91 Å². The lowest BCUT2D eigenvalue weighted by atomic mass is 9.88. The Morgan fingerprint density at radius 2 is 1.82 bits per heavy atom. The Balaban J connectivity index is 1.40. The van der Waals surface area contributed by atoms with Gasteiger partial charge in [-0.1, -0.05) is 0 Å². The molecular weight excluding hydrogens is 480 g/mol. The van der Waals surface area contributed by atoms with Crippen LogP contribution in [0.5, 0.6) is 0 Å². The van der Waals surface area contributed by atoms with Gasteiger partial charge in [-0.2, -0.15) is 13.8 Å². The standard InChI is InChI=1S/C21H24F4N4O4S/c1-34(31,32)17-11-15(22)13(10-16(17)23)9-12-3-2-6-29(20(12)30)14-4-7-28(8-5-14)21-26-19(18(24)25)33-27-21/h10-12,14,18H,2-9H2,1H3/t12-/m1/s1. The van der Waals surface area contributed by atoms with E-state index in [1.807, 2.05) is 0 Å². The highest BCUT2D eigenvalue weighted by molar-refractivity contribution is 7.90. The number of nitrogens with zero attached hydrogens (tertiary/aromatic N) is 4. The fraction of sp³-hybridized carbons (Fsp3) is 0.571. The molecule has 0 N–H and O–H groups in total. The number of sulfone groups is 1. The van der Waals surface area contributed by atoms with Gasteiger partial charge < -0.3 is 14.3 Å². The number of halogens is 4. The van der Waals surface area contributed by atoms with Gasteiger partial charge in [0.25, 0.3) is 11.8 Å². The average molecular weight is 505 g/mol. The first-order chi connectivity index (χ1) is 16.0. The van der Waals surface area contributed by atoms with Crippen molar-refractivity contribution in [2.45, 2.75) is 49.5 Å². The number of piperidine rings is 2. The molecule has 186 valence electrons. The molecule has 0 radical (unpaired) electrons. The molecule has 8 nitrogen and oxygen atoms in total. The van der Waals surface area contributed by atoms with Crippen LogP contribution in [0.15, 0.2) is 21.6 Å². The molecule has 1 atom stereocenters. The Bertz CT molecular complexity index is 1170. The molecule has 0 bridgehead atoms. The molecule has 0 saturated carbocycles. The molecule has 2 aliphatic rings. The van der Waals surface area contributed by atoms with Crippen molar-refractivity contribution in [1.29, 1.82) is 0 Å². The number of carbonyl (C=O) groups is 1. The van der Waals surface area contributed by atoms with E-state index < -0.39 is 44.6 Å². The molecule has 0 aliphatic carbocycles. The fourth-order valence-electron chi connectivity index (χ4n) is 4.63. The first kappa shape index (κ1) is 24.4. The van der Waals surface area contributed by atoms with E-state index in [2.05, 4.69) is 14.7 Å². The molecule has 1 aromatic carbocycles. The van der Waals surface area contributed by atoms with Crippen LogP contribution in [-0.4, -0.2) is 61.3 Å². The number of benzene rings is 1. The number of carbonyl (C=O) groups excluding carboxylic acids is 1. The summed E-state index contributed by atoms with van der Waals surface area (Å²) in [7, 11) is -3.91. The van der Waals surface area contributed by atoms with Gasteiger partial charge in [0.1, 0.15) is 16.5 Å². The van der Waals surface area contributed by atoms with Crippen LogP contribution < -0.4 is 4.90 Å². The van der Waals surface area contributed by atoms with Crippen molar-refractivity contribution in [2.24, 2.45) is 5.92 Å². The van der Waals surface area contributed by atoms with Gasteiger partial charge in [-0.15, -0.1) is 0 Å². The van der Waals surface area contributed by atoms with Gasteiger partial charge in [0.05, 0.1) is 0 Å². The van der Waals surface area contributed by atoms with Gasteiger partial charge >= 0.3 is 6.43 Å². The van der Waals surface area contributed by atoms with Crippen LogP contribution in [0.2, 0.25) is 0 Å². The SMILES string of the molecule is CS(=O)(=O)c1cc(F)c(C[C@H]2CCCN(C3CCN(c4noc(C(F)F)n4)CC3)C2=O)cc1F. The topological polar surface area (TPSA) is 96.6 Å². The quantitative estimate of drug-likeness (QED) is 0.558. The predicted molar refractivity (Wildman–Crippen MR) is 112 cm³/mol. The Kier molecular flexibility index (Phi) is 6.83. The third-order valence-corrected chi connectivity index (χ3v) is 7.47. The molecule has 2 saturated heterocycles. The molecule has 2 fully saturated rings. The molecule has 0 spiro atoms. The minimum Gasteiger partial charge on any atom is -0.339 e. The van der Waals surface area contributed by atoms with Crippen molar-refractivity contribution in [3.05, 3.63) is 35.2 Å². The zero-order valence-corrected chi connectivity index (χ0v) is 19.2. The highest BCUT2D eigenvalue weighted by atomic mass is 32.2. The van der Waals surface area contributed by atoms with Crippen molar-refractivity contribution >= 4 is 21.7 Å². The second kappa shape index (κ2) is 9.51. The van der Waals surface area contributed by atoms with Crippen molar-refractivity contribution in [2.75, 3.05) is 30.8 Å². The van der Waals surface area contributed by atoms with E-state index in [1.165, 1.54) is 0 Å². The van der Waals surface area contributed by atoms with Gasteiger partial charge in [-0.05, 0) is 55.0 Å². The van der Waals surface area contributed by atoms with E-state index in [0.717, 1.165) is 12.3 Å². The van der Waals surface area contributed by atoms with E-state index in [4.69, 9.17) is 0 Å². The minimum absolute atomic E-state index is 0.0275. The smallest absolute Gasteiger partial charge is 0.316 e. The number of likely N-dealkylation sites (tertiary alicyclic amines) is 1. The first-order valence-corrected chi connectivity index (χ1v) is 12.8. The van der Waals surface area contributed by atoms with Crippen molar-refractivity contribution in [3.8, 4) is 0 Å². The van der Waals surface area contributed by atoms with Crippen molar-refractivity contribution in [3.63, 3.8) is 0 Å². The maximum Gasteiger partial charge on any atom is 0.316 e. The number of hydrogen-bond acceptors (Lipinski definition) is 7. The summed E-state index contributed by atoms with van der Waals surface area (Å²) < 4.78 is 81.9. The summed E-state index contributed by atoms with van der Waals surface area (Å²) in [5.41, 5.74) is -0.0353. The van der Waals surface area contributed by atoms with Crippen LogP contribution in [0.3, 0.4) is 0 Å². The number of alkyl halides is 2. The fourth-order valence-corrected chi connectivity index (χ4v) is 5.36. The summed E-state index contributed by atoms with van der Waals surface area (Å²) in [4.78, 5) is 19.6. The molecule has 2 aliphatic heterocycles. The second-order valence-electron chi connectivity index (χ2n) is 8.67. The van der Waals surface area contributed by atoms with Crippen LogP contribution in [0, 0.1) is 17.6 Å². The van der Waals surface area contributed by atoms with Crippen LogP contribution in [0.25, 0.3) is 0 Å². The lowest BCUT2D eigenvalue weighted by Crippen LogP contribution is -2.52. The number of hydrogen-bond donors (Lipinski definition) is 0. The van der Waals surface area contributed by atoms with Gasteiger partial charge in [-0.3, -0.25) is 4.79 Å². The zero-order chi connectivity index (χ0) is 24.6. The van der Waals surface area contributed by atoms with Gasteiger partial charge in [0.15, 0.2) is 9.84 Å². The molecule has 13 heteroatoms. The number of anilines is 1. The lowest BCUT2D eigenvalue weighted by molar-refractivity contribution is -0.141. The number of rotatable bonds is 6. The second-order valence-corrected chi connectivity index (χ2v) is 10.7. The third-order valence-electron chi connectivity index (χ3n) is 6.36. The molecular formula is C21H24F4N4O4S. The van der Waals surface area contributed by atoms with Crippen LogP contribution >= 0.6 is 0 Å². The first-order valence-electron chi connectivity index (χ1n) is 10.9. The summed E-state index contributed by atoms with van der Waals surface area (Å²) in [5, 5.41) is 3.58. The van der Waals surface area contributed by atoms with Crippen LogP contribution in [0.1, 0.15) is 43.6 Å². The molecule has 3 heterocycles.